The summed E-state index contributed by atoms with van der Waals surface area (Å²) in [4.78, 5) is 14.5. The van der Waals surface area contributed by atoms with Crippen molar-refractivity contribution in [3.63, 3.8) is 0 Å². The molecule has 0 atom stereocenters. The van der Waals surface area contributed by atoms with Crippen molar-refractivity contribution in [1.82, 2.24) is 4.90 Å². The monoisotopic (exact) mass is 297 g/mol. The van der Waals surface area contributed by atoms with Crippen LogP contribution in [0, 0.1) is 5.82 Å². The number of thiophene rings is 1. The first-order valence-electron chi connectivity index (χ1n) is 5.76. The maximum atomic E-state index is 13.0. The topological polar surface area (TPSA) is 20.3 Å². The van der Waals surface area contributed by atoms with E-state index < -0.39 is 0 Å². The Labute approximate surface area is 120 Å². The van der Waals surface area contributed by atoms with Crippen molar-refractivity contribution in [2.75, 3.05) is 13.6 Å². The average molecular weight is 298 g/mol. The minimum atomic E-state index is -0.262. The lowest BCUT2D eigenvalue weighted by Crippen LogP contribution is -2.25. The zero-order valence-electron chi connectivity index (χ0n) is 10.4. The second-order valence-corrected chi connectivity index (χ2v) is 6.04. The molecule has 1 aromatic heterocycles. The number of rotatable bonds is 5. The molecule has 0 N–H and O–H groups in total. The molecule has 2 nitrogen and oxygen atoms in total. The normalized spacial score (nSPS) is 10.9. The standard InChI is InChI=1S/C14H13ClFNOS/c1-17(8-10-3-2-4-11(16)7-10)9-12(18)13-5-6-14(15)19-13/h2-7H,8-9H2,1H3. The Kier molecular flexibility index (Phi) is 4.69. The van der Waals surface area contributed by atoms with Gasteiger partial charge < -0.3 is 0 Å². The maximum Gasteiger partial charge on any atom is 0.186 e. The van der Waals surface area contributed by atoms with E-state index in [1.165, 1.54) is 23.5 Å². The summed E-state index contributed by atoms with van der Waals surface area (Å²) < 4.78 is 13.7. The molecule has 0 aliphatic heterocycles. The second kappa shape index (κ2) is 6.28. The molecule has 19 heavy (non-hydrogen) atoms. The molecule has 0 bridgehead atoms. The molecule has 1 aromatic carbocycles. The van der Waals surface area contributed by atoms with Gasteiger partial charge in [0.2, 0.25) is 0 Å². The van der Waals surface area contributed by atoms with Crippen LogP contribution in [0.4, 0.5) is 4.39 Å². The average Bonchev–Trinajstić information content (AvgIpc) is 2.75. The van der Waals surface area contributed by atoms with Crippen molar-refractivity contribution in [2.24, 2.45) is 0 Å². The second-order valence-electron chi connectivity index (χ2n) is 4.33. The molecular weight excluding hydrogens is 285 g/mol. The molecule has 0 spiro atoms. The largest absolute Gasteiger partial charge is 0.295 e. The van der Waals surface area contributed by atoms with Crippen molar-refractivity contribution in [1.29, 1.82) is 0 Å². The summed E-state index contributed by atoms with van der Waals surface area (Å²) in [5.41, 5.74) is 0.847. The number of benzene rings is 1. The first kappa shape index (κ1) is 14.2. The van der Waals surface area contributed by atoms with Crippen molar-refractivity contribution < 1.29 is 9.18 Å². The number of carbonyl (C=O) groups is 1. The van der Waals surface area contributed by atoms with Crippen LogP contribution in [0.3, 0.4) is 0 Å². The molecule has 0 saturated carbocycles. The molecule has 0 aliphatic carbocycles. The number of hydrogen-bond acceptors (Lipinski definition) is 3. The Balaban J connectivity index is 1.94. The van der Waals surface area contributed by atoms with Crippen molar-refractivity contribution >= 4 is 28.7 Å². The van der Waals surface area contributed by atoms with Crippen molar-refractivity contribution in [2.45, 2.75) is 6.54 Å². The third-order valence-corrected chi connectivity index (χ3v) is 3.88. The van der Waals surface area contributed by atoms with Crippen LogP contribution < -0.4 is 0 Å². The van der Waals surface area contributed by atoms with Gasteiger partial charge in [-0.15, -0.1) is 11.3 Å². The van der Waals surface area contributed by atoms with E-state index in [0.717, 1.165) is 5.56 Å². The minimum absolute atomic E-state index is 0.0239. The molecule has 1 heterocycles. The molecule has 0 amide bonds. The Morgan fingerprint density at radius 1 is 1.37 bits per heavy atom. The van der Waals surface area contributed by atoms with Crippen LogP contribution in [0.2, 0.25) is 4.34 Å². The summed E-state index contributed by atoms with van der Waals surface area (Å²) in [5, 5.41) is 0. The molecular formula is C14H13ClFNOS. The predicted octanol–water partition coefficient (Wildman–Crippen LogP) is 3.86. The van der Waals surface area contributed by atoms with E-state index in [-0.39, 0.29) is 18.1 Å². The number of likely N-dealkylation sites (N-methyl/N-ethyl adjacent to an activating group) is 1. The Bertz CT molecular complexity index is 584. The highest BCUT2D eigenvalue weighted by atomic mass is 35.5. The van der Waals surface area contributed by atoms with Gasteiger partial charge in [-0.25, -0.2) is 4.39 Å². The summed E-state index contributed by atoms with van der Waals surface area (Å²) in [6, 6.07) is 9.83. The van der Waals surface area contributed by atoms with Crippen molar-refractivity contribution in [3.05, 3.63) is 57.0 Å². The van der Waals surface area contributed by atoms with Crippen LogP contribution in [0.15, 0.2) is 36.4 Å². The van der Waals surface area contributed by atoms with Gasteiger partial charge in [0.05, 0.1) is 15.8 Å². The van der Waals surface area contributed by atoms with Gasteiger partial charge in [-0.3, -0.25) is 9.69 Å². The summed E-state index contributed by atoms with van der Waals surface area (Å²) >= 11 is 7.08. The number of hydrogen-bond donors (Lipinski definition) is 0. The zero-order valence-corrected chi connectivity index (χ0v) is 12.0. The van der Waals surface area contributed by atoms with Crippen LogP contribution >= 0.6 is 22.9 Å². The third-order valence-electron chi connectivity index (χ3n) is 2.60. The van der Waals surface area contributed by atoms with E-state index in [1.54, 1.807) is 18.2 Å². The van der Waals surface area contributed by atoms with Gasteiger partial charge in [0.15, 0.2) is 5.78 Å². The molecule has 0 fully saturated rings. The highest BCUT2D eigenvalue weighted by Crippen LogP contribution is 2.22. The van der Waals surface area contributed by atoms with E-state index in [4.69, 9.17) is 11.6 Å². The summed E-state index contributed by atoms with van der Waals surface area (Å²) in [7, 11) is 1.83. The maximum absolute atomic E-state index is 13.0. The van der Waals surface area contributed by atoms with Gasteiger partial charge in [-0.2, -0.15) is 0 Å². The van der Waals surface area contributed by atoms with Crippen LogP contribution in [-0.2, 0) is 6.54 Å². The van der Waals surface area contributed by atoms with E-state index in [2.05, 4.69) is 0 Å². The molecule has 0 aliphatic rings. The first-order valence-corrected chi connectivity index (χ1v) is 6.95. The van der Waals surface area contributed by atoms with Crippen LogP contribution in [0.25, 0.3) is 0 Å². The molecule has 0 unspecified atom stereocenters. The lowest BCUT2D eigenvalue weighted by atomic mass is 10.2. The van der Waals surface area contributed by atoms with Crippen LogP contribution in [-0.4, -0.2) is 24.3 Å². The molecule has 2 aromatic rings. The summed E-state index contributed by atoms with van der Waals surface area (Å²) in [6.07, 6.45) is 0. The van der Waals surface area contributed by atoms with Crippen molar-refractivity contribution in [3.8, 4) is 0 Å². The lowest BCUT2D eigenvalue weighted by Gasteiger charge is -2.15. The fraction of sp³-hybridized carbons (Fsp3) is 0.214. The van der Waals surface area contributed by atoms with E-state index in [1.807, 2.05) is 18.0 Å². The number of halogens is 2. The highest BCUT2D eigenvalue weighted by Gasteiger charge is 2.12. The molecule has 0 saturated heterocycles. The zero-order chi connectivity index (χ0) is 13.8. The molecule has 100 valence electrons. The smallest absolute Gasteiger partial charge is 0.186 e. The van der Waals surface area contributed by atoms with Crippen LogP contribution in [0.5, 0.6) is 0 Å². The van der Waals surface area contributed by atoms with Gasteiger partial charge in [0.1, 0.15) is 5.82 Å². The van der Waals surface area contributed by atoms with Crippen LogP contribution in [0.1, 0.15) is 15.2 Å². The van der Waals surface area contributed by atoms with E-state index >= 15 is 0 Å². The number of Topliss-reactive ketones (excluding diaryl/α,β-unsaturated/α-hetero) is 1. The highest BCUT2D eigenvalue weighted by molar-refractivity contribution is 7.18. The van der Waals surface area contributed by atoms with Gasteiger partial charge in [0, 0.05) is 6.54 Å². The number of ketones is 1. The quantitative estimate of drug-likeness (QED) is 0.781. The Morgan fingerprint density at radius 2 is 2.16 bits per heavy atom. The Morgan fingerprint density at radius 3 is 2.79 bits per heavy atom. The van der Waals surface area contributed by atoms with Gasteiger partial charge in [0.25, 0.3) is 0 Å². The van der Waals surface area contributed by atoms with Gasteiger partial charge in [-0.1, -0.05) is 23.7 Å². The summed E-state index contributed by atoms with van der Waals surface area (Å²) in [5.74, 6) is -0.238. The number of nitrogens with zero attached hydrogens (tertiary/aromatic N) is 1. The fourth-order valence-electron chi connectivity index (χ4n) is 1.79. The third kappa shape index (κ3) is 4.13. The molecule has 0 radical (unpaired) electrons. The van der Waals surface area contributed by atoms with Gasteiger partial charge in [-0.05, 0) is 36.9 Å². The summed E-state index contributed by atoms with van der Waals surface area (Å²) in [6.45, 7) is 0.815. The first-order chi connectivity index (χ1) is 9.04. The number of carbonyl (C=O) groups excluding carboxylic acids is 1. The van der Waals surface area contributed by atoms with E-state index in [0.29, 0.717) is 15.8 Å². The fourth-order valence-corrected chi connectivity index (χ4v) is 2.76. The molecule has 5 heteroatoms. The minimum Gasteiger partial charge on any atom is -0.295 e. The van der Waals surface area contributed by atoms with E-state index in [9.17, 15) is 9.18 Å². The molecule has 2 rings (SSSR count). The lowest BCUT2D eigenvalue weighted by molar-refractivity contribution is 0.0947. The predicted molar refractivity (Wildman–Crippen MR) is 76.4 cm³/mol. The SMILES string of the molecule is CN(CC(=O)c1ccc(Cl)s1)Cc1cccc(F)c1. The van der Waals surface area contributed by atoms with Gasteiger partial charge >= 0.3 is 0 Å². The Hall–Kier alpha value is -1.23.